The molecule has 0 aliphatic carbocycles. The highest BCUT2D eigenvalue weighted by Crippen LogP contribution is 2.07. The maximum absolute atomic E-state index is 12.5. The zero-order valence-corrected chi connectivity index (χ0v) is 7.63. The van der Waals surface area contributed by atoms with Gasteiger partial charge in [0.15, 0.2) is 6.17 Å². The maximum Gasteiger partial charge on any atom is 0.351 e. The molecule has 0 aliphatic heterocycles. The lowest BCUT2D eigenvalue weighted by atomic mass is 10.2. The number of carbonyl (C=O) groups excluding carboxylic acids is 2. The number of carbonyl (C=O) groups is 2. The Hall–Kier alpha value is -1.07. The third-order valence-electron chi connectivity index (χ3n) is 1.36. The van der Waals surface area contributed by atoms with Gasteiger partial charge in [-0.2, -0.15) is 0 Å². The van der Waals surface area contributed by atoms with Crippen LogP contribution in [0.4, 0.5) is 13.2 Å². The summed E-state index contributed by atoms with van der Waals surface area (Å²) in [5.41, 5.74) is 0. The summed E-state index contributed by atoms with van der Waals surface area (Å²) in [6, 6.07) is 0. The largest absolute Gasteiger partial charge is 0.391 e. The summed E-state index contributed by atoms with van der Waals surface area (Å²) in [4.78, 5) is 21.2. The van der Waals surface area contributed by atoms with Gasteiger partial charge in [-0.05, 0) is 6.42 Å². The molecule has 0 fully saturated rings. The minimum absolute atomic E-state index is 0.0644. The number of ether oxygens (including phenoxy) is 1. The zero-order valence-electron chi connectivity index (χ0n) is 7.63. The molecule has 0 amide bonds. The highest BCUT2D eigenvalue weighted by Gasteiger charge is 2.31. The van der Waals surface area contributed by atoms with Crippen molar-refractivity contribution in [2.24, 2.45) is 0 Å². The lowest BCUT2D eigenvalue weighted by Crippen LogP contribution is -2.31. The Morgan fingerprint density at radius 2 is 1.93 bits per heavy atom. The molecule has 2 unspecified atom stereocenters. The number of esters is 2. The Bertz CT molecular complexity index is 208. The summed E-state index contributed by atoms with van der Waals surface area (Å²) in [7, 11) is 0. The first-order chi connectivity index (χ1) is 6.52. The van der Waals surface area contributed by atoms with Crippen LogP contribution in [0.15, 0.2) is 0 Å². The van der Waals surface area contributed by atoms with Crippen LogP contribution >= 0.6 is 0 Å². The van der Waals surface area contributed by atoms with E-state index in [0.717, 1.165) is 0 Å². The number of halogens is 3. The minimum atomic E-state index is -2.74. The average Bonchev–Trinajstić information content (AvgIpc) is 2.15. The van der Waals surface area contributed by atoms with Crippen LogP contribution < -0.4 is 0 Å². The van der Waals surface area contributed by atoms with Gasteiger partial charge in [0, 0.05) is 6.42 Å². The standard InChI is InChI=1S/C8H11F3O3/c1-2-3-6(12)14-8(13)7(11)5(10)4-9/h5,7H,2-4H2,1H3. The van der Waals surface area contributed by atoms with Crippen LogP contribution in [0.25, 0.3) is 0 Å². The van der Waals surface area contributed by atoms with E-state index < -0.39 is 31.0 Å². The lowest BCUT2D eigenvalue weighted by molar-refractivity contribution is -0.165. The van der Waals surface area contributed by atoms with Crippen molar-refractivity contribution in [2.75, 3.05) is 6.67 Å². The second-order valence-electron chi connectivity index (χ2n) is 2.62. The first-order valence-electron chi connectivity index (χ1n) is 4.11. The third kappa shape index (κ3) is 4.25. The highest BCUT2D eigenvalue weighted by atomic mass is 19.2. The molecule has 6 heteroatoms. The molecule has 0 saturated heterocycles. The SMILES string of the molecule is CCCC(=O)OC(=O)C(F)C(F)CF. The topological polar surface area (TPSA) is 43.4 Å². The van der Waals surface area contributed by atoms with Crippen LogP contribution in [0.3, 0.4) is 0 Å². The van der Waals surface area contributed by atoms with E-state index in [2.05, 4.69) is 4.74 Å². The smallest absolute Gasteiger partial charge is 0.351 e. The summed E-state index contributed by atoms with van der Waals surface area (Å²) in [5, 5.41) is 0. The van der Waals surface area contributed by atoms with Crippen molar-refractivity contribution in [1.29, 1.82) is 0 Å². The first-order valence-corrected chi connectivity index (χ1v) is 4.11. The van der Waals surface area contributed by atoms with Gasteiger partial charge in [-0.3, -0.25) is 4.79 Å². The van der Waals surface area contributed by atoms with Gasteiger partial charge in [0.2, 0.25) is 6.17 Å². The molecule has 0 saturated carbocycles. The molecule has 0 bridgehead atoms. The van der Waals surface area contributed by atoms with E-state index in [0.29, 0.717) is 6.42 Å². The summed E-state index contributed by atoms with van der Waals surface area (Å²) < 4.78 is 40.3. The van der Waals surface area contributed by atoms with Gasteiger partial charge in [-0.25, -0.2) is 18.0 Å². The Morgan fingerprint density at radius 1 is 1.36 bits per heavy atom. The molecule has 0 radical (unpaired) electrons. The molecule has 0 rings (SSSR count). The molecule has 0 aliphatic rings. The van der Waals surface area contributed by atoms with Gasteiger partial charge in [0.1, 0.15) is 6.67 Å². The average molecular weight is 212 g/mol. The summed E-state index contributed by atoms with van der Waals surface area (Å²) in [6.07, 6.45) is -4.95. The van der Waals surface area contributed by atoms with E-state index in [-0.39, 0.29) is 6.42 Å². The van der Waals surface area contributed by atoms with Gasteiger partial charge >= 0.3 is 11.9 Å². The van der Waals surface area contributed by atoms with Crippen LogP contribution in [0, 0.1) is 0 Å². The van der Waals surface area contributed by atoms with E-state index in [4.69, 9.17) is 0 Å². The molecular formula is C8H11F3O3. The minimum Gasteiger partial charge on any atom is -0.391 e. The molecule has 0 heterocycles. The summed E-state index contributed by atoms with van der Waals surface area (Å²) in [6.45, 7) is 0.0242. The molecular weight excluding hydrogens is 201 g/mol. The molecule has 82 valence electrons. The number of hydrogen-bond acceptors (Lipinski definition) is 3. The molecule has 0 aromatic rings. The van der Waals surface area contributed by atoms with Crippen molar-refractivity contribution >= 4 is 11.9 Å². The second kappa shape index (κ2) is 6.39. The van der Waals surface area contributed by atoms with Crippen molar-refractivity contribution in [3.63, 3.8) is 0 Å². The predicted molar refractivity (Wildman–Crippen MR) is 41.8 cm³/mol. The van der Waals surface area contributed by atoms with Crippen molar-refractivity contribution < 1.29 is 27.5 Å². The number of rotatable bonds is 5. The molecule has 2 atom stereocenters. The fourth-order valence-electron chi connectivity index (χ4n) is 0.650. The molecule has 0 N–H and O–H groups in total. The van der Waals surface area contributed by atoms with Crippen molar-refractivity contribution in [1.82, 2.24) is 0 Å². The van der Waals surface area contributed by atoms with E-state index in [1.807, 2.05) is 0 Å². The fraction of sp³-hybridized carbons (Fsp3) is 0.750. The highest BCUT2D eigenvalue weighted by molar-refractivity contribution is 5.88. The van der Waals surface area contributed by atoms with Gasteiger partial charge in [0.25, 0.3) is 0 Å². The van der Waals surface area contributed by atoms with Crippen molar-refractivity contribution in [3.8, 4) is 0 Å². The first kappa shape index (κ1) is 12.9. The van der Waals surface area contributed by atoms with Crippen LogP contribution in [-0.2, 0) is 14.3 Å². The molecule has 0 spiro atoms. The van der Waals surface area contributed by atoms with Crippen molar-refractivity contribution in [2.45, 2.75) is 32.1 Å². The monoisotopic (exact) mass is 212 g/mol. The second-order valence-corrected chi connectivity index (χ2v) is 2.62. The van der Waals surface area contributed by atoms with E-state index >= 15 is 0 Å². The van der Waals surface area contributed by atoms with Gasteiger partial charge in [-0.1, -0.05) is 6.92 Å². The number of alkyl halides is 3. The van der Waals surface area contributed by atoms with Crippen LogP contribution in [0.5, 0.6) is 0 Å². The van der Waals surface area contributed by atoms with Crippen LogP contribution in [-0.4, -0.2) is 31.0 Å². The normalized spacial score (nSPS) is 14.6. The maximum atomic E-state index is 12.5. The van der Waals surface area contributed by atoms with Crippen LogP contribution in [0.2, 0.25) is 0 Å². The zero-order chi connectivity index (χ0) is 11.1. The quantitative estimate of drug-likeness (QED) is 0.512. The molecule has 3 nitrogen and oxygen atoms in total. The molecule has 0 aromatic carbocycles. The lowest BCUT2D eigenvalue weighted by Gasteiger charge is -2.08. The summed E-state index contributed by atoms with van der Waals surface area (Å²) >= 11 is 0. The van der Waals surface area contributed by atoms with E-state index in [9.17, 15) is 22.8 Å². The van der Waals surface area contributed by atoms with Gasteiger partial charge < -0.3 is 4.74 Å². The Morgan fingerprint density at radius 3 is 2.36 bits per heavy atom. The van der Waals surface area contributed by atoms with Crippen LogP contribution in [0.1, 0.15) is 19.8 Å². The van der Waals surface area contributed by atoms with E-state index in [1.165, 1.54) is 0 Å². The predicted octanol–water partition coefficient (Wildman–Crippen LogP) is 1.50. The third-order valence-corrected chi connectivity index (χ3v) is 1.36. The summed E-state index contributed by atoms with van der Waals surface area (Å²) in [5.74, 6) is -2.61. The van der Waals surface area contributed by atoms with Crippen molar-refractivity contribution in [3.05, 3.63) is 0 Å². The van der Waals surface area contributed by atoms with Gasteiger partial charge in [-0.15, -0.1) is 0 Å². The number of hydrogen-bond donors (Lipinski definition) is 0. The Kier molecular flexibility index (Phi) is 5.91. The van der Waals surface area contributed by atoms with E-state index in [1.54, 1.807) is 6.92 Å². The van der Waals surface area contributed by atoms with Gasteiger partial charge in [0.05, 0.1) is 0 Å². The molecule has 0 aromatic heterocycles. The fourth-order valence-corrected chi connectivity index (χ4v) is 0.650. The molecule has 14 heavy (non-hydrogen) atoms. The Labute approximate surface area is 79.2 Å². The Balaban J connectivity index is 4.01.